The van der Waals surface area contributed by atoms with Crippen molar-refractivity contribution in [2.24, 2.45) is 0 Å². The zero-order valence-corrected chi connectivity index (χ0v) is 10.2. The molecule has 0 spiro atoms. The number of hydrogen-bond acceptors (Lipinski definition) is 4. The summed E-state index contributed by atoms with van der Waals surface area (Å²) >= 11 is 0. The SMILES string of the molecule is Nc1onc(-c2ccc(F)c(F)c2)c1-c1ccncc1. The minimum atomic E-state index is -0.954. The zero-order valence-electron chi connectivity index (χ0n) is 10.2. The van der Waals surface area contributed by atoms with Crippen molar-refractivity contribution in [2.45, 2.75) is 0 Å². The molecule has 20 heavy (non-hydrogen) atoms. The monoisotopic (exact) mass is 273 g/mol. The normalized spacial score (nSPS) is 10.7. The molecule has 1 aromatic carbocycles. The van der Waals surface area contributed by atoms with Gasteiger partial charge in [-0.05, 0) is 35.9 Å². The van der Waals surface area contributed by atoms with Crippen molar-refractivity contribution in [2.75, 3.05) is 5.73 Å². The van der Waals surface area contributed by atoms with Crippen LogP contribution in [-0.2, 0) is 0 Å². The Labute approximate surface area is 112 Å². The van der Waals surface area contributed by atoms with Gasteiger partial charge in [0.1, 0.15) is 5.69 Å². The van der Waals surface area contributed by atoms with Crippen molar-refractivity contribution >= 4 is 5.88 Å². The summed E-state index contributed by atoms with van der Waals surface area (Å²) in [5.74, 6) is -1.77. The third kappa shape index (κ3) is 2.01. The van der Waals surface area contributed by atoms with Crippen LogP contribution in [0, 0.1) is 11.6 Å². The number of nitrogens with zero attached hydrogens (tertiary/aromatic N) is 2. The highest BCUT2D eigenvalue weighted by molar-refractivity contribution is 5.86. The standard InChI is InChI=1S/C14H9F2N3O/c15-10-2-1-9(7-11(10)16)13-12(14(17)20-19-13)8-3-5-18-6-4-8/h1-7H,17H2. The van der Waals surface area contributed by atoms with E-state index in [-0.39, 0.29) is 5.88 Å². The largest absolute Gasteiger partial charge is 0.367 e. The highest BCUT2D eigenvalue weighted by Gasteiger charge is 2.18. The first-order chi connectivity index (χ1) is 9.66. The Morgan fingerprint density at radius 1 is 0.950 bits per heavy atom. The number of aromatic nitrogens is 2. The van der Waals surface area contributed by atoms with E-state index in [0.29, 0.717) is 16.8 Å². The van der Waals surface area contributed by atoms with Gasteiger partial charge in [0.2, 0.25) is 5.88 Å². The molecule has 3 rings (SSSR count). The summed E-state index contributed by atoms with van der Waals surface area (Å²) in [6.45, 7) is 0. The molecule has 0 aliphatic carbocycles. The van der Waals surface area contributed by atoms with Crippen LogP contribution in [0.1, 0.15) is 0 Å². The van der Waals surface area contributed by atoms with Crippen LogP contribution >= 0.6 is 0 Å². The minimum absolute atomic E-state index is 0.107. The fourth-order valence-corrected chi connectivity index (χ4v) is 1.94. The topological polar surface area (TPSA) is 64.9 Å². The summed E-state index contributed by atoms with van der Waals surface area (Å²) in [5.41, 5.74) is 7.76. The molecule has 100 valence electrons. The molecule has 2 aromatic heterocycles. The number of anilines is 1. The Morgan fingerprint density at radius 3 is 2.40 bits per heavy atom. The van der Waals surface area contributed by atoms with E-state index in [1.807, 2.05) is 0 Å². The van der Waals surface area contributed by atoms with Gasteiger partial charge >= 0.3 is 0 Å². The molecule has 6 heteroatoms. The van der Waals surface area contributed by atoms with Crippen molar-refractivity contribution < 1.29 is 13.3 Å². The first kappa shape index (κ1) is 12.3. The molecule has 0 saturated carbocycles. The van der Waals surface area contributed by atoms with Gasteiger partial charge in [-0.1, -0.05) is 5.16 Å². The van der Waals surface area contributed by atoms with Gasteiger partial charge in [0, 0.05) is 18.0 Å². The molecule has 0 unspecified atom stereocenters. The minimum Gasteiger partial charge on any atom is -0.367 e. The van der Waals surface area contributed by atoms with E-state index >= 15 is 0 Å². The summed E-state index contributed by atoms with van der Waals surface area (Å²) in [4.78, 5) is 3.91. The van der Waals surface area contributed by atoms with Crippen LogP contribution in [0.2, 0.25) is 0 Å². The molecule has 0 atom stereocenters. The molecule has 3 aromatic rings. The maximum Gasteiger partial charge on any atom is 0.230 e. The molecule has 0 radical (unpaired) electrons. The van der Waals surface area contributed by atoms with E-state index in [1.165, 1.54) is 6.07 Å². The van der Waals surface area contributed by atoms with Crippen LogP contribution in [0.5, 0.6) is 0 Å². The lowest BCUT2D eigenvalue weighted by molar-refractivity contribution is 0.439. The van der Waals surface area contributed by atoms with Gasteiger partial charge in [0.25, 0.3) is 0 Å². The van der Waals surface area contributed by atoms with Crippen molar-refractivity contribution in [3.05, 3.63) is 54.4 Å². The Morgan fingerprint density at radius 2 is 1.70 bits per heavy atom. The van der Waals surface area contributed by atoms with Crippen LogP contribution in [0.25, 0.3) is 22.4 Å². The fraction of sp³-hybridized carbons (Fsp3) is 0. The summed E-state index contributed by atoms with van der Waals surface area (Å²) in [7, 11) is 0. The smallest absolute Gasteiger partial charge is 0.230 e. The Kier molecular flexibility index (Phi) is 2.90. The van der Waals surface area contributed by atoms with Crippen molar-refractivity contribution in [3.8, 4) is 22.4 Å². The molecule has 0 fully saturated rings. The Bertz CT molecular complexity index is 756. The predicted octanol–water partition coefficient (Wildman–Crippen LogP) is 3.26. The van der Waals surface area contributed by atoms with Crippen LogP contribution in [0.4, 0.5) is 14.7 Å². The lowest BCUT2D eigenvalue weighted by atomic mass is 10.0. The summed E-state index contributed by atoms with van der Waals surface area (Å²) in [6.07, 6.45) is 3.19. The van der Waals surface area contributed by atoms with Crippen LogP contribution < -0.4 is 5.73 Å². The van der Waals surface area contributed by atoms with E-state index in [1.54, 1.807) is 24.5 Å². The molecule has 4 nitrogen and oxygen atoms in total. The number of benzene rings is 1. The zero-order chi connectivity index (χ0) is 14.1. The molecule has 0 aliphatic heterocycles. The second-order valence-corrected chi connectivity index (χ2v) is 4.14. The summed E-state index contributed by atoms with van der Waals surface area (Å²) in [5, 5.41) is 3.82. The van der Waals surface area contributed by atoms with E-state index in [0.717, 1.165) is 17.7 Å². The Balaban J connectivity index is 2.18. The van der Waals surface area contributed by atoms with Gasteiger partial charge in [0.15, 0.2) is 11.6 Å². The van der Waals surface area contributed by atoms with Gasteiger partial charge in [-0.15, -0.1) is 0 Å². The average molecular weight is 273 g/mol. The first-order valence-corrected chi connectivity index (χ1v) is 5.78. The predicted molar refractivity (Wildman–Crippen MR) is 69.5 cm³/mol. The Hall–Kier alpha value is -2.76. The van der Waals surface area contributed by atoms with Gasteiger partial charge in [-0.2, -0.15) is 0 Å². The number of halogens is 2. The van der Waals surface area contributed by atoms with Crippen molar-refractivity contribution in [3.63, 3.8) is 0 Å². The lowest BCUT2D eigenvalue weighted by Crippen LogP contribution is -1.90. The first-order valence-electron chi connectivity index (χ1n) is 5.78. The summed E-state index contributed by atoms with van der Waals surface area (Å²) in [6, 6.07) is 6.96. The van der Waals surface area contributed by atoms with E-state index in [9.17, 15) is 8.78 Å². The lowest BCUT2D eigenvalue weighted by Gasteiger charge is -2.03. The molecule has 2 N–H and O–H groups in total. The number of pyridine rings is 1. The van der Waals surface area contributed by atoms with Gasteiger partial charge in [-0.25, -0.2) is 8.78 Å². The summed E-state index contributed by atoms with van der Waals surface area (Å²) < 4.78 is 31.3. The van der Waals surface area contributed by atoms with Gasteiger partial charge < -0.3 is 10.3 Å². The fourth-order valence-electron chi connectivity index (χ4n) is 1.94. The molecule has 0 saturated heterocycles. The molecule has 0 amide bonds. The second kappa shape index (κ2) is 4.73. The van der Waals surface area contributed by atoms with E-state index in [2.05, 4.69) is 10.1 Å². The van der Waals surface area contributed by atoms with E-state index < -0.39 is 11.6 Å². The number of hydrogen-bond donors (Lipinski definition) is 1. The maximum atomic E-state index is 13.3. The highest BCUT2D eigenvalue weighted by atomic mass is 19.2. The quantitative estimate of drug-likeness (QED) is 0.778. The molecule has 0 aliphatic rings. The van der Waals surface area contributed by atoms with E-state index in [4.69, 9.17) is 10.3 Å². The molecular formula is C14H9F2N3O. The third-order valence-electron chi connectivity index (χ3n) is 2.88. The maximum absolute atomic E-state index is 13.3. The van der Waals surface area contributed by atoms with Crippen molar-refractivity contribution in [1.82, 2.24) is 10.1 Å². The average Bonchev–Trinajstić information content (AvgIpc) is 2.85. The molecule has 2 heterocycles. The molecular weight excluding hydrogens is 264 g/mol. The van der Waals surface area contributed by atoms with Gasteiger partial charge in [0.05, 0.1) is 5.56 Å². The third-order valence-corrected chi connectivity index (χ3v) is 2.88. The van der Waals surface area contributed by atoms with Crippen LogP contribution in [0.3, 0.4) is 0 Å². The second-order valence-electron chi connectivity index (χ2n) is 4.14. The van der Waals surface area contributed by atoms with Crippen LogP contribution in [-0.4, -0.2) is 10.1 Å². The van der Waals surface area contributed by atoms with Crippen molar-refractivity contribution in [1.29, 1.82) is 0 Å². The molecule has 0 bridgehead atoms. The number of rotatable bonds is 2. The number of nitrogen functional groups attached to an aromatic ring is 1. The highest BCUT2D eigenvalue weighted by Crippen LogP contribution is 2.36. The van der Waals surface area contributed by atoms with Gasteiger partial charge in [-0.3, -0.25) is 4.98 Å². The number of nitrogens with two attached hydrogens (primary N) is 1. The van der Waals surface area contributed by atoms with Crippen LogP contribution in [0.15, 0.2) is 47.2 Å².